The standard InChI is InChI=1S/C6H8N4O3/c1-4(11)10-2-6(3-10,5(12)13)8-9-7/h2-3H2,1H3,(H,12,13). The highest BCUT2D eigenvalue weighted by Crippen LogP contribution is 2.25. The Balaban J connectivity index is 2.74. The Labute approximate surface area is 73.6 Å². The third-order valence-electron chi connectivity index (χ3n) is 1.98. The smallest absolute Gasteiger partial charge is 0.319 e. The second-order valence-corrected chi connectivity index (χ2v) is 2.90. The van der Waals surface area contributed by atoms with Crippen LogP contribution in [0.1, 0.15) is 6.92 Å². The summed E-state index contributed by atoms with van der Waals surface area (Å²) in [5.41, 5.74) is 6.69. The van der Waals surface area contributed by atoms with E-state index in [-0.39, 0.29) is 19.0 Å². The minimum Gasteiger partial charge on any atom is -0.481 e. The zero-order chi connectivity index (χ0) is 10.1. The number of nitrogens with zero attached hydrogens (tertiary/aromatic N) is 4. The van der Waals surface area contributed by atoms with E-state index in [1.54, 1.807) is 0 Å². The van der Waals surface area contributed by atoms with Crippen molar-refractivity contribution in [3.05, 3.63) is 10.4 Å². The molecule has 0 bridgehead atoms. The highest BCUT2D eigenvalue weighted by Gasteiger charge is 2.50. The number of hydrogen-bond donors (Lipinski definition) is 1. The number of carbonyl (C=O) groups is 2. The second kappa shape index (κ2) is 2.95. The molecular weight excluding hydrogens is 176 g/mol. The fourth-order valence-electron chi connectivity index (χ4n) is 1.13. The number of aliphatic carboxylic acids is 1. The molecule has 70 valence electrons. The van der Waals surface area contributed by atoms with Crippen LogP contribution in [0, 0.1) is 0 Å². The summed E-state index contributed by atoms with van der Waals surface area (Å²) in [4.78, 5) is 25.2. The largest absolute Gasteiger partial charge is 0.481 e. The fourth-order valence-corrected chi connectivity index (χ4v) is 1.13. The average molecular weight is 184 g/mol. The van der Waals surface area contributed by atoms with Gasteiger partial charge in [0.1, 0.15) is 0 Å². The molecule has 0 aromatic carbocycles. The minimum atomic E-state index is -1.44. The number of carbonyl (C=O) groups excluding carboxylic acids is 1. The van der Waals surface area contributed by atoms with Gasteiger partial charge in [-0.1, -0.05) is 5.11 Å². The van der Waals surface area contributed by atoms with Crippen molar-refractivity contribution in [2.45, 2.75) is 12.5 Å². The maximum Gasteiger partial charge on any atom is 0.319 e. The van der Waals surface area contributed by atoms with Gasteiger partial charge in [0.05, 0.1) is 0 Å². The average Bonchev–Trinajstić information content (AvgIpc) is 1.94. The van der Waals surface area contributed by atoms with Gasteiger partial charge >= 0.3 is 5.97 Å². The van der Waals surface area contributed by atoms with Gasteiger partial charge in [0.2, 0.25) is 5.91 Å². The van der Waals surface area contributed by atoms with Gasteiger partial charge < -0.3 is 10.0 Å². The SMILES string of the molecule is CC(=O)N1CC(N=[N+]=[N-])(C(=O)O)C1. The van der Waals surface area contributed by atoms with E-state index in [0.29, 0.717) is 0 Å². The second-order valence-electron chi connectivity index (χ2n) is 2.90. The van der Waals surface area contributed by atoms with Crippen molar-refractivity contribution in [3.63, 3.8) is 0 Å². The Morgan fingerprint density at radius 2 is 2.15 bits per heavy atom. The molecule has 1 amide bonds. The van der Waals surface area contributed by atoms with Crippen molar-refractivity contribution in [2.75, 3.05) is 13.1 Å². The summed E-state index contributed by atoms with van der Waals surface area (Å²) in [5, 5.41) is 11.9. The lowest BCUT2D eigenvalue weighted by Crippen LogP contribution is -2.65. The van der Waals surface area contributed by atoms with Crippen LogP contribution in [0.5, 0.6) is 0 Å². The van der Waals surface area contributed by atoms with E-state index in [0.717, 1.165) is 0 Å². The van der Waals surface area contributed by atoms with Crippen LogP contribution >= 0.6 is 0 Å². The van der Waals surface area contributed by atoms with Crippen LogP contribution in [0.15, 0.2) is 5.11 Å². The Morgan fingerprint density at radius 1 is 1.62 bits per heavy atom. The molecule has 1 aliphatic rings. The lowest BCUT2D eigenvalue weighted by molar-refractivity contribution is -0.154. The van der Waals surface area contributed by atoms with Crippen LogP contribution < -0.4 is 0 Å². The molecule has 1 rings (SSSR count). The predicted molar refractivity (Wildman–Crippen MR) is 41.8 cm³/mol. The molecule has 1 saturated heterocycles. The molecule has 0 aromatic rings. The zero-order valence-electron chi connectivity index (χ0n) is 6.97. The molecule has 7 nitrogen and oxygen atoms in total. The molecule has 1 N–H and O–H groups in total. The summed E-state index contributed by atoms with van der Waals surface area (Å²) < 4.78 is 0. The fraction of sp³-hybridized carbons (Fsp3) is 0.667. The molecule has 0 radical (unpaired) electrons. The summed E-state index contributed by atoms with van der Waals surface area (Å²) in [5.74, 6) is -1.41. The molecule has 0 unspecified atom stereocenters. The van der Waals surface area contributed by atoms with Crippen molar-refractivity contribution in [3.8, 4) is 0 Å². The number of likely N-dealkylation sites (tertiary alicyclic amines) is 1. The van der Waals surface area contributed by atoms with E-state index in [9.17, 15) is 9.59 Å². The van der Waals surface area contributed by atoms with Crippen molar-refractivity contribution >= 4 is 11.9 Å². The quantitative estimate of drug-likeness (QED) is 0.370. The Bertz CT molecular complexity index is 297. The van der Waals surface area contributed by atoms with Crippen molar-refractivity contribution in [1.29, 1.82) is 0 Å². The van der Waals surface area contributed by atoms with Crippen LogP contribution in [0.3, 0.4) is 0 Å². The first-order chi connectivity index (χ1) is 6.02. The summed E-state index contributed by atoms with van der Waals surface area (Å²) in [6, 6.07) is 0. The molecule has 0 aromatic heterocycles. The molecule has 0 atom stereocenters. The highest BCUT2D eigenvalue weighted by molar-refractivity contribution is 5.85. The molecule has 13 heavy (non-hydrogen) atoms. The molecule has 0 saturated carbocycles. The van der Waals surface area contributed by atoms with Crippen LogP contribution in [0.2, 0.25) is 0 Å². The van der Waals surface area contributed by atoms with Gasteiger partial charge in [-0.15, -0.1) is 0 Å². The molecule has 1 aliphatic heterocycles. The summed E-state index contributed by atoms with van der Waals surface area (Å²) in [6.45, 7) is 1.26. The van der Waals surface area contributed by atoms with E-state index in [1.165, 1.54) is 11.8 Å². The van der Waals surface area contributed by atoms with Gasteiger partial charge in [0.15, 0.2) is 5.54 Å². The van der Waals surface area contributed by atoms with Crippen LogP contribution in [0.25, 0.3) is 10.4 Å². The van der Waals surface area contributed by atoms with Gasteiger partial charge in [0, 0.05) is 24.9 Å². The van der Waals surface area contributed by atoms with Gasteiger partial charge in [0.25, 0.3) is 0 Å². The van der Waals surface area contributed by atoms with Crippen molar-refractivity contribution in [1.82, 2.24) is 4.90 Å². The number of amides is 1. The summed E-state index contributed by atoms with van der Waals surface area (Å²) in [6.07, 6.45) is 0. The first-order valence-corrected chi connectivity index (χ1v) is 3.57. The number of carboxylic acid groups (broad SMARTS) is 1. The number of hydrogen-bond acceptors (Lipinski definition) is 3. The first kappa shape index (κ1) is 9.34. The zero-order valence-corrected chi connectivity index (χ0v) is 6.97. The monoisotopic (exact) mass is 184 g/mol. The van der Waals surface area contributed by atoms with Crippen LogP contribution in [-0.4, -0.2) is 40.5 Å². The third-order valence-corrected chi connectivity index (χ3v) is 1.98. The lowest BCUT2D eigenvalue weighted by atomic mass is 9.91. The number of azide groups is 1. The molecule has 0 spiro atoms. The minimum absolute atomic E-state index is 0.0400. The van der Waals surface area contributed by atoms with E-state index in [1.807, 2.05) is 0 Å². The maximum atomic E-state index is 10.7. The predicted octanol–water partition coefficient (Wildman–Crippen LogP) is -0.0178. The van der Waals surface area contributed by atoms with E-state index in [4.69, 9.17) is 10.6 Å². The number of carboxylic acids is 1. The molecule has 7 heteroatoms. The molecule has 1 fully saturated rings. The van der Waals surface area contributed by atoms with E-state index in [2.05, 4.69) is 10.0 Å². The number of rotatable bonds is 2. The first-order valence-electron chi connectivity index (χ1n) is 3.57. The Morgan fingerprint density at radius 3 is 2.46 bits per heavy atom. The molecule has 0 aliphatic carbocycles. The lowest BCUT2D eigenvalue weighted by Gasteiger charge is -2.43. The van der Waals surface area contributed by atoms with Crippen molar-refractivity contribution in [2.24, 2.45) is 5.11 Å². The van der Waals surface area contributed by atoms with Crippen LogP contribution in [0.4, 0.5) is 0 Å². The van der Waals surface area contributed by atoms with Gasteiger partial charge in [-0.25, -0.2) is 0 Å². The van der Waals surface area contributed by atoms with Gasteiger partial charge in [-0.05, 0) is 5.53 Å². The van der Waals surface area contributed by atoms with Crippen molar-refractivity contribution < 1.29 is 14.7 Å². The normalized spacial score (nSPS) is 18.4. The Kier molecular flexibility index (Phi) is 2.12. The van der Waals surface area contributed by atoms with Gasteiger partial charge in [-0.3, -0.25) is 9.59 Å². The maximum absolute atomic E-state index is 10.7. The third kappa shape index (κ3) is 1.41. The van der Waals surface area contributed by atoms with Gasteiger partial charge in [-0.2, -0.15) is 0 Å². The summed E-state index contributed by atoms with van der Waals surface area (Å²) in [7, 11) is 0. The Hall–Kier alpha value is -1.75. The van der Waals surface area contributed by atoms with E-state index < -0.39 is 11.5 Å². The van der Waals surface area contributed by atoms with Crippen LogP contribution in [-0.2, 0) is 9.59 Å². The van der Waals surface area contributed by atoms with E-state index >= 15 is 0 Å². The topological polar surface area (TPSA) is 106 Å². The highest BCUT2D eigenvalue weighted by atomic mass is 16.4. The molecule has 1 heterocycles. The summed E-state index contributed by atoms with van der Waals surface area (Å²) >= 11 is 0. The molecular formula is C6H8N4O3.